The minimum atomic E-state index is -0.562. The highest BCUT2D eigenvalue weighted by molar-refractivity contribution is 4.70. The maximum Gasteiger partial charge on any atom is 0.158 e. The fraction of sp³-hybridized carbons (Fsp3) is 1.00. The summed E-state index contributed by atoms with van der Waals surface area (Å²) in [6, 6.07) is 0. The van der Waals surface area contributed by atoms with Crippen molar-refractivity contribution < 1.29 is 9.84 Å². The Balaban J connectivity index is 2.21. The monoisotopic (exact) mass is 159 g/mol. The summed E-state index contributed by atoms with van der Waals surface area (Å²) in [4.78, 5) is 0. The molecular formula is C8H17NO2. The molecule has 1 rings (SSSR count). The summed E-state index contributed by atoms with van der Waals surface area (Å²) in [6.45, 7) is 4.47. The van der Waals surface area contributed by atoms with E-state index in [-0.39, 0.29) is 0 Å². The lowest BCUT2D eigenvalue weighted by atomic mass is 9.99. The van der Waals surface area contributed by atoms with Crippen LogP contribution in [0.3, 0.4) is 0 Å². The highest BCUT2D eigenvalue weighted by Gasteiger charge is 2.21. The van der Waals surface area contributed by atoms with Gasteiger partial charge in [0.15, 0.2) is 6.29 Å². The van der Waals surface area contributed by atoms with Crippen molar-refractivity contribution in [3.05, 3.63) is 0 Å². The third-order valence-electron chi connectivity index (χ3n) is 2.08. The maximum absolute atomic E-state index is 9.41. The Kier molecular flexibility index (Phi) is 3.83. The molecule has 0 aliphatic carbocycles. The maximum atomic E-state index is 9.41. The van der Waals surface area contributed by atoms with E-state index in [1.807, 2.05) is 6.92 Å². The largest absolute Gasteiger partial charge is 0.368 e. The van der Waals surface area contributed by atoms with Crippen molar-refractivity contribution in [3.63, 3.8) is 0 Å². The van der Waals surface area contributed by atoms with Gasteiger partial charge in [0.05, 0.1) is 0 Å². The molecule has 1 aliphatic rings. The molecule has 0 aromatic heterocycles. The van der Waals surface area contributed by atoms with E-state index >= 15 is 0 Å². The lowest BCUT2D eigenvalue weighted by Gasteiger charge is -2.26. The van der Waals surface area contributed by atoms with Crippen LogP contribution in [0.15, 0.2) is 0 Å². The fourth-order valence-corrected chi connectivity index (χ4v) is 1.43. The fourth-order valence-electron chi connectivity index (χ4n) is 1.43. The van der Waals surface area contributed by atoms with E-state index in [2.05, 4.69) is 5.32 Å². The molecule has 2 unspecified atom stereocenters. The Labute approximate surface area is 67.7 Å². The van der Waals surface area contributed by atoms with Crippen LogP contribution in [0, 0.1) is 5.92 Å². The van der Waals surface area contributed by atoms with Crippen LogP contribution in [0.5, 0.6) is 0 Å². The molecule has 2 N–H and O–H groups in total. The lowest BCUT2D eigenvalue weighted by Crippen LogP contribution is -2.37. The molecular weight excluding hydrogens is 142 g/mol. The molecule has 3 heteroatoms. The Morgan fingerprint density at radius 3 is 3.09 bits per heavy atom. The van der Waals surface area contributed by atoms with Crippen LogP contribution in [-0.2, 0) is 4.74 Å². The van der Waals surface area contributed by atoms with Gasteiger partial charge in [0, 0.05) is 19.1 Å². The molecule has 3 nitrogen and oxygen atoms in total. The van der Waals surface area contributed by atoms with Gasteiger partial charge in [0.1, 0.15) is 0 Å². The number of hydrogen-bond donors (Lipinski definition) is 2. The molecule has 0 radical (unpaired) electrons. The van der Waals surface area contributed by atoms with Crippen LogP contribution in [0.2, 0.25) is 0 Å². The van der Waals surface area contributed by atoms with Crippen molar-refractivity contribution >= 4 is 0 Å². The predicted molar refractivity (Wildman–Crippen MR) is 43.2 cm³/mol. The summed E-state index contributed by atoms with van der Waals surface area (Å²) in [5.41, 5.74) is 0. The van der Waals surface area contributed by atoms with Crippen LogP contribution >= 0.6 is 0 Å². The number of aliphatic hydroxyl groups is 1. The van der Waals surface area contributed by atoms with Crippen LogP contribution in [0.4, 0.5) is 0 Å². The molecule has 1 heterocycles. The van der Waals surface area contributed by atoms with Crippen molar-refractivity contribution in [1.82, 2.24) is 5.32 Å². The molecule has 0 saturated carbocycles. The zero-order valence-electron chi connectivity index (χ0n) is 7.05. The lowest BCUT2D eigenvalue weighted by molar-refractivity contribution is -0.133. The zero-order chi connectivity index (χ0) is 8.10. The normalized spacial score (nSPS) is 28.4. The molecule has 1 aliphatic heterocycles. The van der Waals surface area contributed by atoms with Crippen molar-refractivity contribution in [2.45, 2.75) is 26.1 Å². The van der Waals surface area contributed by atoms with E-state index < -0.39 is 6.29 Å². The smallest absolute Gasteiger partial charge is 0.158 e. The molecule has 2 atom stereocenters. The first-order valence-corrected chi connectivity index (χ1v) is 4.35. The van der Waals surface area contributed by atoms with Crippen LogP contribution in [0.25, 0.3) is 0 Å². The number of hydrogen-bond acceptors (Lipinski definition) is 3. The summed E-state index contributed by atoms with van der Waals surface area (Å²) >= 11 is 0. The van der Waals surface area contributed by atoms with Crippen LogP contribution in [0.1, 0.15) is 19.8 Å². The first-order valence-electron chi connectivity index (χ1n) is 4.35. The third kappa shape index (κ3) is 2.77. The molecule has 0 bridgehead atoms. The molecule has 0 spiro atoms. The molecule has 0 amide bonds. The van der Waals surface area contributed by atoms with Crippen LogP contribution < -0.4 is 5.32 Å². The van der Waals surface area contributed by atoms with E-state index in [0.717, 1.165) is 25.9 Å². The highest BCUT2D eigenvalue weighted by atomic mass is 16.6. The Hall–Kier alpha value is -0.120. The Morgan fingerprint density at radius 2 is 2.55 bits per heavy atom. The predicted octanol–water partition coefficient (Wildman–Crippen LogP) is 0.341. The second kappa shape index (κ2) is 4.70. The van der Waals surface area contributed by atoms with Gasteiger partial charge in [-0.1, -0.05) is 0 Å². The van der Waals surface area contributed by atoms with Gasteiger partial charge < -0.3 is 15.2 Å². The van der Waals surface area contributed by atoms with Crippen molar-refractivity contribution in [2.75, 3.05) is 19.7 Å². The average molecular weight is 159 g/mol. The summed E-state index contributed by atoms with van der Waals surface area (Å²) in [6.07, 6.45) is 1.66. The highest BCUT2D eigenvalue weighted by Crippen LogP contribution is 2.14. The molecule has 0 aromatic rings. The topological polar surface area (TPSA) is 41.5 Å². The molecule has 0 aromatic carbocycles. The first kappa shape index (κ1) is 8.97. The quantitative estimate of drug-likeness (QED) is 0.583. The summed E-state index contributed by atoms with van der Waals surface area (Å²) in [7, 11) is 0. The van der Waals surface area contributed by atoms with Gasteiger partial charge >= 0.3 is 0 Å². The van der Waals surface area contributed by atoms with E-state index in [0.29, 0.717) is 12.5 Å². The van der Waals surface area contributed by atoms with E-state index in [9.17, 15) is 5.11 Å². The van der Waals surface area contributed by atoms with Crippen molar-refractivity contribution in [1.29, 1.82) is 0 Å². The number of nitrogens with one attached hydrogen (secondary N) is 1. The van der Waals surface area contributed by atoms with E-state index in [1.54, 1.807) is 0 Å². The summed E-state index contributed by atoms with van der Waals surface area (Å²) < 4.78 is 5.10. The average Bonchev–Trinajstić information content (AvgIpc) is 2.07. The van der Waals surface area contributed by atoms with Gasteiger partial charge in [0.2, 0.25) is 0 Å². The molecule has 1 fully saturated rings. The standard InChI is InChI=1S/C8H17NO2/c1-2-11-8(10)7-4-3-5-9-6-7/h7-10H,2-6H2,1H3. The Morgan fingerprint density at radius 1 is 1.73 bits per heavy atom. The number of rotatable bonds is 3. The first-order chi connectivity index (χ1) is 5.34. The third-order valence-corrected chi connectivity index (χ3v) is 2.08. The zero-order valence-corrected chi connectivity index (χ0v) is 7.05. The van der Waals surface area contributed by atoms with Crippen molar-refractivity contribution in [3.8, 4) is 0 Å². The minimum absolute atomic E-state index is 0.295. The molecule has 1 saturated heterocycles. The summed E-state index contributed by atoms with van der Waals surface area (Å²) in [5.74, 6) is 0.295. The van der Waals surface area contributed by atoms with Gasteiger partial charge in [0.25, 0.3) is 0 Å². The van der Waals surface area contributed by atoms with Gasteiger partial charge in [-0.25, -0.2) is 0 Å². The minimum Gasteiger partial charge on any atom is -0.368 e. The number of piperidine rings is 1. The van der Waals surface area contributed by atoms with E-state index in [1.165, 1.54) is 0 Å². The second-order valence-electron chi connectivity index (χ2n) is 2.95. The van der Waals surface area contributed by atoms with Crippen LogP contribution in [-0.4, -0.2) is 31.1 Å². The number of ether oxygens (including phenoxy) is 1. The number of aliphatic hydroxyl groups excluding tert-OH is 1. The van der Waals surface area contributed by atoms with Gasteiger partial charge in [-0.15, -0.1) is 0 Å². The second-order valence-corrected chi connectivity index (χ2v) is 2.95. The Bertz CT molecular complexity index is 102. The summed E-state index contributed by atoms with van der Waals surface area (Å²) in [5, 5.41) is 12.6. The van der Waals surface area contributed by atoms with Gasteiger partial charge in [-0.3, -0.25) is 0 Å². The molecule has 11 heavy (non-hydrogen) atoms. The SMILES string of the molecule is CCOC(O)C1CCCNC1. The van der Waals surface area contributed by atoms with Gasteiger partial charge in [-0.05, 0) is 26.3 Å². The van der Waals surface area contributed by atoms with Crippen molar-refractivity contribution in [2.24, 2.45) is 5.92 Å². The van der Waals surface area contributed by atoms with E-state index in [4.69, 9.17) is 4.74 Å². The molecule has 66 valence electrons. The van der Waals surface area contributed by atoms with Gasteiger partial charge in [-0.2, -0.15) is 0 Å².